The lowest BCUT2D eigenvalue weighted by molar-refractivity contribution is 0.0955. The van der Waals surface area contributed by atoms with Crippen molar-refractivity contribution < 1.29 is 9.90 Å². The van der Waals surface area contributed by atoms with E-state index in [9.17, 15) is 14.7 Å². The van der Waals surface area contributed by atoms with Crippen molar-refractivity contribution >= 4 is 24.3 Å². The highest BCUT2D eigenvalue weighted by atomic mass is 32.1. The summed E-state index contributed by atoms with van der Waals surface area (Å²) < 4.78 is 1.58. The van der Waals surface area contributed by atoms with Crippen LogP contribution in [0.3, 0.4) is 0 Å². The SMILES string of the molecule is CCCCn1c(O)c(/C=N/NC(=O)c2ccccc2)c(=O)[nH]c1=S. The van der Waals surface area contributed by atoms with Gasteiger partial charge in [0.05, 0.1) is 6.21 Å². The Bertz CT molecular complexity index is 856. The third-order valence-corrected chi connectivity index (χ3v) is 3.66. The van der Waals surface area contributed by atoms with Crippen molar-refractivity contribution in [2.75, 3.05) is 0 Å². The average Bonchev–Trinajstić information content (AvgIpc) is 2.58. The van der Waals surface area contributed by atoms with Gasteiger partial charge in [-0.3, -0.25) is 19.1 Å². The number of rotatable bonds is 6. The van der Waals surface area contributed by atoms with Gasteiger partial charge in [-0.25, -0.2) is 5.43 Å². The maximum atomic E-state index is 11.9. The molecular formula is C16H18N4O3S. The topological polar surface area (TPSA) is 99.5 Å². The van der Waals surface area contributed by atoms with Gasteiger partial charge in [0, 0.05) is 12.1 Å². The number of hydrogen-bond acceptors (Lipinski definition) is 5. The summed E-state index contributed by atoms with van der Waals surface area (Å²) >= 11 is 5.05. The van der Waals surface area contributed by atoms with Crippen LogP contribution in [0.25, 0.3) is 0 Å². The first-order chi connectivity index (χ1) is 11.5. The summed E-state index contributed by atoms with van der Waals surface area (Å²) in [6.07, 6.45) is 2.82. The van der Waals surface area contributed by atoms with E-state index in [4.69, 9.17) is 12.2 Å². The van der Waals surface area contributed by atoms with E-state index in [2.05, 4.69) is 15.5 Å². The van der Waals surface area contributed by atoms with Gasteiger partial charge < -0.3 is 5.11 Å². The van der Waals surface area contributed by atoms with Crippen molar-refractivity contribution in [1.29, 1.82) is 0 Å². The number of aromatic nitrogens is 2. The fourth-order valence-electron chi connectivity index (χ4n) is 2.02. The van der Waals surface area contributed by atoms with Crippen molar-refractivity contribution in [1.82, 2.24) is 15.0 Å². The second kappa shape index (κ2) is 8.21. The molecule has 126 valence electrons. The number of nitrogens with zero attached hydrogens (tertiary/aromatic N) is 2. The van der Waals surface area contributed by atoms with Crippen LogP contribution in [0.2, 0.25) is 0 Å². The van der Waals surface area contributed by atoms with Crippen LogP contribution in [-0.2, 0) is 6.54 Å². The van der Waals surface area contributed by atoms with Crippen molar-refractivity contribution in [2.24, 2.45) is 5.10 Å². The van der Waals surface area contributed by atoms with Crippen LogP contribution in [0.1, 0.15) is 35.7 Å². The summed E-state index contributed by atoms with van der Waals surface area (Å²) in [6, 6.07) is 8.53. The van der Waals surface area contributed by atoms with E-state index in [-0.39, 0.29) is 16.2 Å². The van der Waals surface area contributed by atoms with Crippen LogP contribution in [0.15, 0.2) is 40.2 Å². The molecule has 0 saturated heterocycles. The quantitative estimate of drug-likeness (QED) is 0.424. The lowest BCUT2D eigenvalue weighted by Gasteiger charge is -2.10. The van der Waals surface area contributed by atoms with Crippen molar-refractivity contribution in [2.45, 2.75) is 26.3 Å². The zero-order valence-corrected chi connectivity index (χ0v) is 14.0. The zero-order chi connectivity index (χ0) is 17.5. The molecule has 0 saturated carbocycles. The number of benzene rings is 1. The van der Waals surface area contributed by atoms with Crippen LogP contribution in [-0.4, -0.2) is 26.8 Å². The number of aromatic hydroxyl groups is 1. The predicted octanol–water partition coefficient (Wildman–Crippen LogP) is 2.18. The normalized spacial score (nSPS) is 10.9. The minimum Gasteiger partial charge on any atom is -0.494 e. The van der Waals surface area contributed by atoms with Crippen LogP contribution in [0.5, 0.6) is 5.88 Å². The molecule has 3 N–H and O–H groups in total. The molecule has 1 heterocycles. The number of H-pyrrole nitrogens is 1. The molecule has 0 spiro atoms. The van der Waals surface area contributed by atoms with E-state index < -0.39 is 11.5 Å². The van der Waals surface area contributed by atoms with Crippen LogP contribution >= 0.6 is 12.2 Å². The number of nitrogens with one attached hydrogen (secondary N) is 2. The maximum absolute atomic E-state index is 11.9. The molecule has 0 bridgehead atoms. The molecule has 0 atom stereocenters. The molecule has 0 radical (unpaired) electrons. The predicted molar refractivity (Wildman–Crippen MR) is 94.0 cm³/mol. The second-order valence-corrected chi connectivity index (χ2v) is 5.45. The van der Waals surface area contributed by atoms with E-state index in [1.54, 1.807) is 30.3 Å². The van der Waals surface area contributed by atoms with E-state index in [1.807, 2.05) is 6.92 Å². The smallest absolute Gasteiger partial charge is 0.271 e. The van der Waals surface area contributed by atoms with Crippen molar-refractivity contribution in [3.8, 4) is 5.88 Å². The van der Waals surface area contributed by atoms with E-state index in [0.29, 0.717) is 12.1 Å². The van der Waals surface area contributed by atoms with Gasteiger partial charge in [0.25, 0.3) is 11.5 Å². The van der Waals surface area contributed by atoms with Gasteiger partial charge in [-0.15, -0.1) is 0 Å². The monoisotopic (exact) mass is 346 g/mol. The van der Waals surface area contributed by atoms with Crippen LogP contribution < -0.4 is 11.0 Å². The Labute approximate surface area is 143 Å². The summed E-state index contributed by atoms with van der Waals surface area (Å²) in [5.41, 5.74) is 2.12. The summed E-state index contributed by atoms with van der Waals surface area (Å²) in [5.74, 6) is -0.684. The molecule has 7 nitrogen and oxygen atoms in total. The van der Waals surface area contributed by atoms with Crippen LogP contribution in [0, 0.1) is 4.77 Å². The molecule has 1 amide bonds. The zero-order valence-electron chi connectivity index (χ0n) is 13.2. The molecule has 0 unspecified atom stereocenters. The molecule has 1 aromatic heterocycles. The highest BCUT2D eigenvalue weighted by Crippen LogP contribution is 2.12. The van der Waals surface area contributed by atoms with Crippen molar-refractivity contribution in [3.63, 3.8) is 0 Å². The Morgan fingerprint density at radius 2 is 2.12 bits per heavy atom. The van der Waals surface area contributed by atoms with Crippen LogP contribution in [0.4, 0.5) is 0 Å². The Hall–Kier alpha value is -2.74. The van der Waals surface area contributed by atoms with Gasteiger partial charge in [0.2, 0.25) is 5.88 Å². The number of carbonyl (C=O) groups excluding carboxylic acids is 1. The van der Waals surface area contributed by atoms with Crippen molar-refractivity contribution in [3.05, 3.63) is 56.6 Å². The average molecular weight is 346 g/mol. The third-order valence-electron chi connectivity index (χ3n) is 3.34. The third kappa shape index (κ3) is 4.17. The van der Waals surface area contributed by atoms with Gasteiger partial charge in [-0.05, 0) is 30.8 Å². The molecule has 0 aliphatic heterocycles. The largest absolute Gasteiger partial charge is 0.494 e. The Balaban J connectivity index is 2.21. The Morgan fingerprint density at radius 1 is 1.42 bits per heavy atom. The van der Waals surface area contributed by atoms with Gasteiger partial charge >= 0.3 is 0 Å². The molecule has 1 aromatic carbocycles. The molecule has 24 heavy (non-hydrogen) atoms. The minimum absolute atomic E-state index is 0.0620. The lowest BCUT2D eigenvalue weighted by Crippen LogP contribution is -2.21. The standard InChI is InChI=1S/C16H18N4O3S/c1-2-3-9-20-15(23)12(14(22)18-16(20)24)10-17-19-13(21)11-7-5-4-6-8-11/h4-8,10,23H,2-3,9H2,1H3,(H,19,21)(H,18,22,24)/b17-10+. The summed E-state index contributed by atoms with van der Waals surface area (Å²) in [7, 11) is 0. The number of amides is 1. The van der Waals surface area contributed by atoms with Gasteiger partial charge in [-0.2, -0.15) is 5.10 Å². The Kier molecular flexibility index (Phi) is 6.02. The second-order valence-electron chi connectivity index (χ2n) is 5.07. The molecule has 0 fully saturated rings. The van der Waals surface area contributed by atoms with E-state index in [1.165, 1.54) is 4.57 Å². The number of hydrogen-bond donors (Lipinski definition) is 3. The molecule has 0 aliphatic carbocycles. The summed E-state index contributed by atoms with van der Waals surface area (Å²) in [5, 5.41) is 14.0. The van der Waals surface area contributed by atoms with Gasteiger partial charge in [-0.1, -0.05) is 31.5 Å². The molecule has 0 aliphatic rings. The minimum atomic E-state index is -0.567. The fourth-order valence-corrected chi connectivity index (χ4v) is 2.30. The van der Waals surface area contributed by atoms with Gasteiger partial charge in [0.15, 0.2) is 4.77 Å². The first kappa shape index (κ1) is 17.6. The summed E-state index contributed by atoms with van der Waals surface area (Å²) in [4.78, 5) is 26.3. The van der Waals surface area contributed by atoms with E-state index >= 15 is 0 Å². The maximum Gasteiger partial charge on any atom is 0.271 e. The number of hydrazone groups is 1. The molecular weight excluding hydrogens is 328 g/mol. The number of unbranched alkanes of at least 4 members (excludes halogenated alkanes) is 1. The van der Waals surface area contributed by atoms with E-state index in [0.717, 1.165) is 19.1 Å². The molecule has 2 aromatic rings. The fraction of sp³-hybridized carbons (Fsp3) is 0.250. The first-order valence-electron chi connectivity index (χ1n) is 7.49. The highest BCUT2D eigenvalue weighted by molar-refractivity contribution is 7.71. The number of aromatic amines is 1. The first-order valence-corrected chi connectivity index (χ1v) is 7.90. The van der Waals surface area contributed by atoms with Gasteiger partial charge in [0.1, 0.15) is 5.56 Å². The highest BCUT2D eigenvalue weighted by Gasteiger charge is 2.11. The Morgan fingerprint density at radius 3 is 2.79 bits per heavy atom. The molecule has 2 rings (SSSR count). The number of carbonyl (C=O) groups is 1. The lowest BCUT2D eigenvalue weighted by atomic mass is 10.2. The molecule has 8 heteroatoms. The summed E-state index contributed by atoms with van der Waals surface area (Å²) in [6.45, 7) is 2.49.